The minimum Gasteiger partial charge on any atom is -0.341 e. The first kappa shape index (κ1) is 22.4. The van der Waals surface area contributed by atoms with Gasteiger partial charge in [0.05, 0.1) is 15.8 Å². The summed E-state index contributed by atoms with van der Waals surface area (Å²) in [6, 6.07) is 19.1. The van der Waals surface area contributed by atoms with Crippen LogP contribution in [0.1, 0.15) is 46.1 Å². The van der Waals surface area contributed by atoms with Crippen molar-refractivity contribution >= 4 is 38.2 Å². The molecule has 7 heteroatoms. The Hall–Kier alpha value is -3.09. The van der Waals surface area contributed by atoms with Crippen LogP contribution in [-0.4, -0.2) is 30.3 Å². The number of hydrogen-bond acceptors (Lipinski definition) is 3. The highest BCUT2D eigenvalue weighted by Crippen LogP contribution is 2.43. The van der Waals surface area contributed by atoms with Gasteiger partial charge in [-0.1, -0.05) is 23.2 Å². The highest BCUT2D eigenvalue weighted by atomic mass is 35.5. The molecule has 1 unspecified atom stereocenters. The van der Waals surface area contributed by atoms with Gasteiger partial charge < -0.3 is 9.47 Å². The van der Waals surface area contributed by atoms with Crippen molar-refractivity contribution in [1.29, 1.82) is 0 Å². The molecule has 1 aliphatic heterocycles. The smallest absolute Gasteiger partial charge is 0.254 e. The third kappa shape index (κ3) is 3.58. The number of halogens is 1. The van der Waals surface area contributed by atoms with Crippen LogP contribution in [-0.2, 0) is 22.8 Å². The largest absolute Gasteiger partial charge is 0.341 e. The van der Waals surface area contributed by atoms with E-state index in [4.69, 9.17) is 11.6 Å². The predicted molar refractivity (Wildman–Crippen MR) is 137 cm³/mol. The van der Waals surface area contributed by atoms with Gasteiger partial charge >= 0.3 is 0 Å². The molecule has 5 nitrogen and oxygen atoms in total. The summed E-state index contributed by atoms with van der Waals surface area (Å²) >= 11 is 5.90. The number of fused-ring (bicyclic) bond motifs is 3. The zero-order valence-electron chi connectivity index (χ0n) is 19.4. The Labute approximate surface area is 209 Å². The van der Waals surface area contributed by atoms with Crippen molar-refractivity contribution in [3.63, 3.8) is 0 Å². The van der Waals surface area contributed by atoms with Gasteiger partial charge in [0.25, 0.3) is 5.91 Å². The van der Waals surface area contributed by atoms with E-state index < -0.39 is 9.84 Å². The fourth-order valence-corrected chi connectivity index (χ4v) is 7.04. The lowest BCUT2D eigenvalue weighted by Gasteiger charge is -2.40. The number of rotatable bonds is 3. The molecule has 0 spiro atoms. The molecule has 0 bridgehead atoms. The van der Waals surface area contributed by atoms with Gasteiger partial charge in [-0.25, -0.2) is 8.42 Å². The maximum absolute atomic E-state index is 13.6. The molecule has 1 amide bonds. The van der Waals surface area contributed by atoms with Crippen molar-refractivity contribution in [1.82, 2.24) is 9.47 Å². The summed E-state index contributed by atoms with van der Waals surface area (Å²) in [6.45, 7) is 3.52. The molecule has 3 aromatic carbocycles. The summed E-state index contributed by atoms with van der Waals surface area (Å²) in [7, 11) is -3.68. The lowest BCUT2D eigenvalue weighted by molar-refractivity contribution is 0.0601. The van der Waals surface area contributed by atoms with Crippen LogP contribution >= 0.6 is 11.6 Å². The lowest BCUT2D eigenvalue weighted by atomic mass is 9.89. The number of sulfone groups is 1. The van der Waals surface area contributed by atoms with Crippen molar-refractivity contribution in [2.45, 2.75) is 48.6 Å². The molecule has 1 aliphatic carbocycles. The molecule has 0 N–H and O–H groups in total. The maximum Gasteiger partial charge on any atom is 0.254 e. The van der Waals surface area contributed by atoms with Gasteiger partial charge in [0, 0.05) is 40.3 Å². The Balaban J connectivity index is 1.32. The first-order chi connectivity index (χ1) is 16.8. The lowest BCUT2D eigenvalue weighted by Crippen LogP contribution is -2.43. The van der Waals surface area contributed by atoms with Crippen LogP contribution in [0, 0.1) is 6.92 Å². The van der Waals surface area contributed by atoms with E-state index in [0.29, 0.717) is 17.1 Å². The topological polar surface area (TPSA) is 59.4 Å². The fourth-order valence-electron chi connectivity index (χ4n) is 5.65. The van der Waals surface area contributed by atoms with Crippen LogP contribution in [0.25, 0.3) is 10.9 Å². The number of hydrogen-bond donors (Lipinski definition) is 0. The van der Waals surface area contributed by atoms with E-state index >= 15 is 0 Å². The van der Waals surface area contributed by atoms with Crippen LogP contribution in [0.4, 0.5) is 0 Å². The standard InChI is InChI=1S/C28H25ClN2O3S/c1-18-5-14-25-24(17-18)23-3-2-4-26-27(23)30(25)15-16-31(26)28(32)19-6-10-21(11-7-19)35(33,34)22-12-8-20(29)9-13-22/h5-14,17,26H,2-4,15-16H2,1H3. The van der Waals surface area contributed by atoms with Gasteiger partial charge in [-0.2, -0.15) is 0 Å². The summed E-state index contributed by atoms with van der Waals surface area (Å²) in [6.07, 6.45) is 3.03. The highest BCUT2D eigenvalue weighted by Gasteiger charge is 2.37. The molecule has 0 saturated heterocycles. The van der Waals surface area contributed by atoms with Crippen LogP contribution in [0.15, 0.2) is 76.5 Å². The maximum atomic E-state index is 13.6. The van der Waals surface area contributed by atoms with Gasteiger partial charge in [-0.15, -0.1) is 0 Å². The molecule has 2 heterocycles. The Bertz CT molecular complexity index is 1570. The molecule has 2 aliphatic rings. The predicted octanol–water partition coefficient (Wildman–Crippen LogP) is 5.97. The summed E-state index contributed by atoms with van der Waals surface area (Å²) in [4.78, 5) is 15.9. The Morgan fingerprint density at radius 2 is 1.63 bits per heavy atom. The Morgan fingerprint density at radius 3 is 2.34 bits per heavy atom. The van der Waals surface area contributed by atoms with E-state index in [-0.39, 0.29) is 21.7 Å². The molecular weight excluding hydrogens is 480 g/mol. The number of aromatic nitrogens is 1. The zero-order valence-corrected chi connectivity index (χ0v) is 20.9. The second-order valence-electron chi connectivity index (χ2n) is 9.42. The highest BCUT2D eigenvalue weighted by molar-refractivity contribution is 7.91. The number of carbonyl (C=O) groups excluding carboxylic acids is 1. The number of nitrogens with zero attached hydrogens (tertiary/aromatic N) is 2. The molecule has 178 valence electrons. The molecule has 35 heavy (non-hydrogen) atoms. The summed E-state index contributed by atoms with van der Waals surface area (Å²) < 4.78 is 28.4. The van der Waals surface area contributed by atoms with E-state index in [1.54, 1.807) is 24.3 Å². The molecular formula is C28H25ClN2O3S. The van der Waals surface area contributed by atoms with Gasteiger partial charge in [-0.05, 0) is 92.4 Å². The van der Waals surface area contributed by atoms with Gasteiger partial charge in [0.15, 0.2) is 0 Å². The molecule has 1 aromatic heterocycles. The van der Waals surface area contributed by atoms with Crippen LogP contribution in [0.5, 0.6) is 0 Å². The average Bonchev–Trinajstić information content (AvgIpc) is 3.18. The van der Waals surface area contributed by atoms with E-state index in [1.807, 2.05) is 4.90 Å². The number of aryl methyl sites for hydroxylation is 2. The number of benzene rings is 3. The summed E-state index contributed by atoms with van der Waals surface area (Å²) in [5.41, 5.74) is 5.67. The minimum absolute atomic E-state index is 0.0465. The number of carbonyl (C=O) groups is 1. The summed E-state index contributed by atoms with van der Waals surface area (Å²) in [5, 5.41) is 1.79. The molecule has 0 fully saturated rings. The average molecular weight is 505 g/mol. The van der Waals surface area contributed by atoms with Crippen LogP contribution in [0.2, 0.25) is 5.02 Å². The van der Waals surface area contributed by atoms with E-state index in [1.165, 1.54) is 52.0 Å². The second kappa shape index (κ2) is 8.25. The third-order valence-corrected chi connectivity index (χ3v) is 9.36. The molecule has 0 radical (unpaired) electrons. The van der Waals surface area contributed by atoms with Crippen LogP contribution < -0.4 is 0 Å². The summed E-state index contributed by atoms with van der Waals surface area (Å²) in [5.74, 6) is -0.0500. The normalized spacial score (nSPS) is 17.4. The van der Waals surface area contributed by atoms with E-state index in [0.717, 1.165) is 25.8 Å². The van der Waals surface area contributed by atoms with Crippen LogP contribution in [0.3, 0.4) is 0 Å². The van der Waals surface area contributed by atoms with Gasteiger partial charge in [0.2, 0.25) is 9.84 Å². The third-order valence-electron chi connectivity index (χ3n) is 7.33. The van der Waals surface area contributed by atoms with Gasteiger partial charge in [0.1, 0.15) is 0 Å². The minimum atomic E-state index is -3.68. The molecule has 4 aromatic rings. The first-order valence-electron chi connectivity index (χ1n) is 11.9. The van der Waals surface area contributed by atoms with Gasteiger partial charge in [-0.3, -0.25) is 4.79 Å². The van der Waals surface area contributed by atoms with E-state index in [2.05, 4.69) is 29.7 Å². The van der Waals surface area contributed by atoms with Crippen molar-refractivity contribution in [3.05, 3.63) is 94.1 Å². The molecule has 1 atom stereocenters. The SMILES string of the molecule is Cc1ccc2c(c1)c1c3n2CCN(C(=O)c2ccc(S(=O)(=O)c4ccc(Cl)cc4)cc2)C3CCC1. The van der Waals surface area contributed by atoms with E-state index in [9.17, 15) is 13.2 Å². The monoisotopic (exact) mass is 504 g/mol. The zero-order chi connectivity index (χ0) is 24.3. The quantitative estimate of drug-likeness (QED) is 0.345. The Kier molecular flexibility index (Phi) is 5.27. The van der Waals surface area contributed by atoms with Crippen molar-refractivity contribution < 1.29 is 13.2 Å². The molecule has 6 rings (SSSR count). The Morgan fingerprint density at radius 1 is 0.943 bits per heavy atom. The number of amides is 1. The van der Waals surface area contributed by atoms with Crippen molar-refractivity contribution in [2.75, 3.05) is 6.54 Å². The van der Waals surface area contributed by atoms with Crippen molar-refractivity contribution in [2.24, 2.45) is 0 Å². The van der Waals surface area contributed by atoms with Crippen molar-refractivity contribution in [3.8, 4) is 0 Å². The fraction of sp³-hybridized carbons (Fsp3) is 0.250. The first-order valence-corrected chi connectivity index (χ1v) is 13.7. The second-order valence-corrected chi connectivity index (χ2v) is 11.8. The molecule has 0 saturated carbocycles.